The van der Waals surface area contributed by atoms with Gasteiger partial charge in [0, 0.05) is 22.4 Å². The highest BCUT2D eigenvalue weighted by molar-refractivity contribution is 6.15. The molecule has 0 fully saturated rings. The average Bonchev–Trinajstić information content (AvgIpc) is 2.47. The van der Waals surface area contributed by atoms with Crippen LogP contribution in [0.1, 0.15) is 5.56 Å². The molecule has 4 rings (SSSR count). The lowest BCUT2D eigenvalue weighted by Gasteiger charge is -2.09. The van der Waals surface area contributed by atoms with Gasteiger partial charge in [-0.2, -0.15) is 0 Å². The lowest BCUT2D eigenvalue weighted by Crippen LogP contribution is -1.86. The molecule has 0 aliphatic heterocycles. The van der Waals surface area contributed by atoms with Crippen LogP contribution in [-0.4, -0.2) is 4.98 Å². The third kappa shape index (κ3) is 1.45. The van der Waals surface area contributed by atoms with Gasteiger partial charge in [-0.25, -0.2) is 0 Å². The molecule has 0 radical (unpaired) electrons. The molecule has 4 aromatic rings. The van der Waals surface area contributed by atoms with E-state index in [0.29, 0.717) is 0 Å². The number of benzene rings is 3. The largest absolute Gasteiger partial charge is 0.255 e. The van der Waals surface area contributed by atoms with Crippen molar-refractivity contribution in [2.45, 2.75) is 6.92 Å². The molecule has 19 heavy (non-hydrogen) atoms. The molecule has 0 N–H and O–H groups in total. The lowest BCUT2D eigenvalue weighted by molar-refractivity contribution is 1.45. The molecule has 0 saturated heterocycles. The maximum absolute atomic E-state index is 4.68. The van der Waals surface area contributed by atoms with Crippen LogP contribution in [-0.2, 0) is 0 Å². The van der Waals surface area contributed by atoms with Gasteiger partial charge in [-0.3, -0.25) is 4.98 Å². The normalized spacial score (nSPS) is 11.4. The second-order valence-corrected chi connectivity index (χ2v) is 4.98. The van der Waals surface area contributed by atoms with Gasteiger partial charge >= 0.3 is 0 Å². The minimum absolute atomic E-state index is 1.10. The van der Waals surface area contributed by atoms with Crippen molar-refractivity contribution < 1.29 is 0 Å². The van der Waals surface area contributed by atoms with Gasteiger partial charge in [-0.05, 0) is 29.3 Å². The first kappa shape index (κ1) is 10.5. The smallest absolute Gasteiger partial charge is 0.0786 e. The van der Waals surface area contributed by atoms with Crippen LogP contribution in [0.15, 0.2) is 60.8 Å². The summed E-state index contributed by atoms with van der Waals surface area (Å²) < 4.78 is 0. The quantitative estimate of drug-likeness (QED) is 0.402. The van der Waals surface area contributed by atoms with Gasteiger partial charge in [0.15, 0.2) is 0 Å². The van der Waals surface area contributed by atoms with E-state index in [4.69, 9.17) is 0 Å². The van der Waals surface area contributed by atoms with Crippen molar-refractivity contribution in [3.05, 3.63) is 66.4 Å². The zero-order valence-corrected chi connectivity index (χ0v) is 10.7. The number of hydrogen-bond acceptors (Lipinski definition) is 1. The number of pyridine rings is 1. The van der Waals surface area contributed by atoms with E-state index in [1.165, 1.54) is 32.5 Å². The Labute approximate surface area is 111 Å². The van der Waals surface area contributed by atoms with Crippen LogP contribution in [0.2, 0.25) is 0 Å². The number of rotatable bonds is 0. The summed E-state index contributed by atoms with van der Waals surface area (Å²) >= 11 is 0. The Morgan fingerprint density at radius 3 is 2.26 bits per heavy atom. The van der Waals surface area contributed by atoms with Crippen LogP contribution in [0, 0.1) is 6.92 Å². The molecule has 0 bridgehead atoms. The van der Waals surface area contributed by atoms with Crippen molar-refractivity contribution in [2.24, 2.45) is 0 Å². The number of aromatic nitrogens is 1. The summed E-state index contributed by atoms with van der Waals surface area (Å²) in [4.78, 5) is 4.68. The van der Waals surface area contributed by atoms with Crippen LogP contribution in [0.4, 0.5) is 0 Å². The fraction of sp³-hybridized carbons (Fsp3) is 0.0556. The molecule has 0 unspecified atom stereocenters. The van der Waals surface area contributed by atoms with Gasteiger partial charge in [0.1, 0.15) is 0 Å². The Morgan fingerprint density at radius 2 is 1.42 bits per heavy atom. The summed E-state index contributed by atoms with van der Waals surface area (Å²) in [5.41, 5.74) is 2.40. The number of fused-ring (bicyclic) bond motifs is 5. The highest BCUT2D eigenvalue weighted by Gasteiger charge is 2.07. The van der Waals surface area contributed by atoms with Crippen molar-refractivity contribution in [1.29, 1.82) is 0 Å². The van der Waals surface area contributed by atoms with Gasteiger partial charge in [0.25, 0.3) is 0 Å². The SMILES string of the molecule is Cc1cc2c3ccccc3cnc2c2ccccc12. The molecular formula is C18H13N. The van der Waals surface area contributed by atoms with E-state index in [1.54, 1.807) is 0 Å². The van der Waals surface area contributed by atoms with Gasteiger partial charge in [0.05, 0.1) is 5.52 Å². The van der Waals surface area contributed by atoms with Crippen molar-refractivity contribution in [1.82, 2.24) is 4.98 Å². The van der Waals surface area contributed by atoms with E-state index in [2.05, 4.69) is 66.5 Å². The zero-order chi connectivity index (χ0) is 12.8. The molecule has 3 aromatic carbocycles. The molecule has 90 valence electrons. The molecule has 1 heteroatoms. The van der Waals surface area contributed by atoms with E-state index >= 15 is 0 Å². The average molecular weight is 243 g/mol. The summed E-state index contributed by atoms with van der Waals surface area (Å²) in [5, 5.41) is 6.25. The maximum atomic E-state index is 4.68. The van der Waals surface area contributed by atoms with Crippen LogP contribution in [0.3, 0.4) is 0 Å². The second-order valence-electron chi connectivity index (χ2n) is 4.98. The van der Waals surface area contributed by atoms with Crippen molar-refractivity contribution in [3.63, 3.8) is 0 Å². The van der Waals surface area contributed by atoms with Gasteiger partial charge in [-0.1, -0.05) is 48.5 Å². The summed E-state index contributed by atoms with van der Waals surface area (Å²) in [6.07, 6.45) is 1.97. The monoisotopic (exact) mass is 243 g/mol. The molecule has 0 saturated carbocycles. The standard InChI is InChI=1S/C18H13N/c1-12-10-17-15-8-3-2-6-13(15)11-19-18(17)16-9-5-4-7-14(12)16/h2-11H,1H3. The molecule has 1 aromatic heterocycles. The summed E-state index contributed by atoms with van der Waals surface area (Å²) in [6, 6.07) is 19.2. The Balaban J connectivity index is 2.34. The minimum atomic E-state index is 1.10. The molecule has 1 heterocycles. The fourth-order valence-electron chi connectivity index (χ4n) is 2.87. The van der Waals surface area contributed by atoms with Crippen LogP contribution in [0.25, 0.3) is 32.4 Å². The zero-order valence-electron chi connectivity index (χ0n) is 10.7. The Hall–Kier alpha value is -2.41. The van der Waals surface area contributed by atoms with Crippen LogP contribution < -0.4 is 0 Å². The van der Waals surface area contributed by atoms with Crippen molar-refractivity contribution in [3.8, 4) is 0 Å². The molecule has 0 amide bonds. The summed E-state index contributed by atoms with van der Waals surface area (Å²) in [5.74, 6) is 0. The number of nitrogens with zero attached hydrogens (tertiary/aromatic N) is 1. The maximum Gasteiger partial charge on any atom is 0.0786 e. The molecule has 0 atom stereocenters. The predicted octanol–water partition coefficient (Wildman–Crippen LogP) is 4.85. The highest BCUT2D eigenvalue weighted by atomic mass is 14.7. The predicted molar refractivity (Wildman–Crippen MR) is 81.5 cm³/mol. The Morgan fingerprint density at radius 1 is 0.737 bits per heavy atom. The van der Waals surface area contributed by atoms with Crippen molar-refractivity contribution >= 4 is 32.4 Å². The first-order valence-electron chi connectivity index (χ1n) is 6.50. The minimum Gasteiger partial charge on any atom is -0.255 e. The third-order valence-electron chi connectivity index (χ3n) is 3.81. The first-order valence-corrected chi connectivity index (χ1v) is 6.50. The molecule has 0 aliphatic rings. The van der Waals surface area contributed by atoms with E-state index in [1.807, 2.05) is 6.20 Å². The first-order chi connectivity index (χ1) is 9.34. The van der Waals surface area contributed by atoms with Gasteiger partial charge in [0.2, 0.25) is 0 Å². The van der Waals surface area contributed by atoms with E-state index in [9.17, 15) is 0 Å². The van der Waals surface area contributed by atoms with Gasteiger partial charge < -0.3 is 0 Å². The third-order valence-corrected chi connectivity index (χ3v) is 3.81. The summed E-state index contributed by atoms with van der Waals surface area (Å²) in [7, 11) is 0. The lowest BCUT2D eigenvalue weighted by atomic mass is 9.98. The highest BCUT2D eigenvalue weighted by Crippen LogP contribution is 2.31. The Bertz CT molecular complexity index is 922. The molecule has 0 aliphatic carbocycles. The van der Waals surface area contributed by atoms with Gasteiger partial charge in [-0.15, -0.1) is 0 Å². The van der Waals surface area contributed by atoms with E-state index in [0.717, 1.165) is 5.52 Å². The fourth-order valence-corrected chi connectivity index (χ4v) is 2.87. The Kier molecular flexibility index (Phi) is 2.10. The van der Waals surface area contributed by atoms with Crippen LogP contribution >= 0.6 is 0 Å². The molecule has 0 spiro atoms. The molecule has 1 nitrogen and oxygen atoms in total. The number of aryl methyl sites for hydroxylation is 1. The summed E-state index contributed by atoms with van der Waals surface area (Å²) in [6.45, 7) is 2.17. The molecular weight excluding hydrogens is 230 g/mol. The topological polar surface area (TPSA) is 12.9 Å². The number of hydrogen-bond donors (Lipinski definition) is 0. The van der Waals surface area contributed by atoms with E-state index < -0.39 is 0 Å². The second kappa shape index (κ2) is 3.79. The van der Waals surface area contributed by atoms with E-state index in [-0.39, 0.29) is 0 Å². The van der Waals surface area contributed by atoms with Crippen molar-refractivity contribution in [2.75, 3.05) is 0 Å². The van der Waals surface area contributed by atoms with Crippen LogP contribution in [0.5, 0.6) is 0 Å².